The van der Waals surface area contributed by atoms with Crippen LogP contribution in [-0.4, -0.2) is 4.92 Å². The maximum atomic E-state index is 10.7. The van der Waals surface area contributed by atoms with E-state index < -0.39 is 0 Å². The van der Waals surface area contributed by atoms with Crippen molar-refractivity contribution in [3.63, 3.8) is 0 Å². The zero-order chi connectivity index (χ0) is 11.0. The molecule has 0 saturated heterocycles. The molecule has 1 aromatic carbocycles. The summed E-state index contributed by atoms with van der Waals surface area (Å²) >= 11 is 0. The topological polar surface area (TPSA) is 43.1 Å². The highest BCUT2D eigenvalue weighted by Gasteiger charge is 2.21. The molecular formula is C12H13NO2. The van der Waals surface area contributed by atoms with E-state index in [1.807, 2.05) is 12.1 Å². The Hall–Kier alpha value is -1.64. The zero-order valence-electron chi connectivity index (χ0n) is 8.81. The molecular weight excluding hydrogens is 190 g/mol. The Bertz CT molecular complexity index is 437. The molecule has 0 saturated carbocycles. The number of hydrogen-bond acceptors (Lipinski definition) is 2. The molecule has 0 aromatic heterocycles. The first-order valence-corrected chi connectivity index (χ1v) is 5.06. The van der Waals surface area contributed by atoms with Crippen LogP contribution >= 0.6 is 0 Å². The van der Waals surface area contributed by atoms with Crippen LogP contribution in [0.4, 0.5) is 5.69 Å². The second-order valence-electron chi connectivity index (χ2n) is 4.08. The number of nitrogens with zero attached hydrogens (tertiary/aromatic N) is 1. The van der Waals surface area contributed by atoms with E-state index in [0.717, 1.165) is 11.1 Å². The van der Waals surface area contributed by atoms with Crippen LogP contribution in [0.3, 0.4) is 0 Å². The minimum Gasteiger partial charge on any atom is -0.258 e. The summed E-state index contributed by atoms with van der Waals surface area (Å²) in [7, 11) is 0. The van der Waals surface area contributed by atoms with Crippen molar-refractivity contribution in [2.24, 2.45) is 5.92 Å². The van der Waals surface area contributed by atoms with Gasteiger partial charge in [0.25, 0.3) is 5.69 Å². The molecule has 0 N–H and O–H groups in total. The van der Waals surface area contributed by atoms with E-state index in [4.69, 9.17) is 0 Å². The quantitative estimate of drug-likeness (QED) is 0.518. The summed E-state index contributed by atoms with van der Waals surface area (Å²) in [5.74, 6) is 0.796. The van der Waals surface area contributed by atoms with Gasteiger partial charge in [-0.1, -0.05) is 26.0 Å². The Morgan fingerprint density at radius 1 is 1.33 bits per heavy atom. The molecule has 1 aromatic rings. The summed E-state index contributed by atoms with van der Waals surface area (Å²) in [6.45, 7) is 4.24. The maximum Gasteiger partial charge on any atom is 0.269 e. The van der Waals surface area contributed by atoms with Gasteiger partial charge in [0, 0.05) is 12.1 Å². The van der Waals surface area contributed by atoms with Gasteiger partial charge in [-0.2, -0.15) is 0 Å². The first-order chi connectivity index (χ1) is 7.09. The van der Waals surface area contributed by atoms with Gasteiger partial charge in [-0.15, -0.1) is 0 Å². The molecule has 2 unspecified atom stereocenters. The van der Waals surface area contributed by atoms with Crippen LogP contribution in [0, 0.1) is 16.0 Å². The molecule has 1 aliphatic carbocycles. The lowest BCUT2D eigenvalue weighted by Crippen LogP contribution is -2.09. The van der Waals surface area contributed by atoms with Crippen LogP contribution in [0.2, 0.25) is 0 Å². The lowest BCUT2D eigenvalue weighted by Gasteiger charge is -2.23. The van der Waals surface area contributed by atoms with Crippen LogP contribution in [0.1, 0.15) is 30.9 Å². The van der Waals surface area contributed by atoms with E-state index in [-0.39, 0.29) is 10.6 Å². The zero-order valence-corrected chi connectivity index (χ0v) is 8.81. The molecule has 3 nitrogen and oxygen atoms in total. The molecule has 0 amide bonds. The molecule has 0 radical (unpaired) electrons. The maximum absolute atomic E-state index is 10.7. The highest BCUT2D eigenvalue weighted by molar-refractivity contribution is 5.60. The van der Waals surface area contributed by atoms with Gasteiger partial charge in [-0.25, -0.2) is 0 Å². The SMILES string of the molecule is CC1C=Cc2ccc([N+](=O)[O-])cc2C1C. The van der Waals surface area contributed by atoms with E-state index in [9.17, 15) is 10.1 Å². The fourth-order valence-corrected chi connectivity index (χ4v) is 1.93. The number of non-ortho nitro benzene ring substituents is 1. The second-order valence-corrected chi connectivity index (χ2v) is 4.08. The van der Waals surface area contributed by atoms with Crippen molar-refractivity contribution in [1.82, 2.24) is 0 Å². The Labute approximate surface area is 88.6 Å². The van der Waals surface area contributed by atoms with Crippen molar-refractivity contribution in [2.75, 3.05) is 0 Å². The van der Waals surface area contributed by atoms with Gasteiger partial charge in [0.1, 0.15) is 0 Å². The average Bonchev–Trinajstić information content (AvgIpc) is 2.23. The van der Waals surface area contributed by atoms with Crippen LogP contribution in [0.25, 0.3) is 6.08 Å². The number of benzene rings is 1. The number of allylic oxidation sites excluding steroid dienone is 1. The van der Waals surface area contributed by atoms with Gasteiger partial charge in [0.2, 0.25) is 0 Å². The van der Waals surface area contributed by atoms with Crippen molar-refractivity contribution < 1.29 is 4.92 Å². The predicted molar refractivity (Wildman–Crippen MR) is 59.7 cm³/mol. The predicted octanol–water partition coefficient (Wildman–Crippen LogP) is 3.36. The van der Waals surface area contributed by atoms with Gasteiger partial charge in [-0.3, -0.25) is 10.1 Å². The summed E-state index contributed by atoms with van der Waals surface area (Å²) in [4.78, 5) is 10.3. The van der Waals surface area contributed by atoms with Crippen molar-refractivity contribution in [3.8, 4) is 0 Å². The van der Waals surface area contributed by atoms with E-state index >= 15 is 0 Å². The second kappa shape index (κ2) is 3.50. The lowest BCUT2D eigenvalue weighted by molar-refractivity contribution is -0.384. The number of nitro groups is 1. The third-order valence-corrected chi connectivity index (χ3v) is 3.14. The van der Waals surface area contributed by atoms with Crippen molar-refractivity contribution in [3.05, 3.63) is 45.5 Å². The molecule has 0 fully saturated rings. The smallest absolute Gasteiger partial charge is 0.258 e. The summed E-state index contributed by atoms with van der Waals surface area (Å²) in [6, 6.07) is 5.08. The molecule has 0 bridgehead atoms. The number of rotatable bonds is 1. The fraction of sp³-hybridized carbons (Fsp3) is 0.333. The van der Waals surface area contributed by atoms with Crippen molar-refractivity contribution in [1.29, 1.82) is 0 Å². The Morgan fingerprint density at radius 3 is 2.73 bits per heavy atom. The molecule has 2 atom stereocenters. The fourth-order valence-electron chi connectivity index (χ4n) is 1.93. The minimum atomic E-state index is -0.337. The molecule has 15 heavy (non-hydrogen) atoms. The molecule has 0 aliphatic heterocycles. The van der Waals surface area contributed by atoms with Crippen LogP contribution in [0.15, 0.2) is 24.3 Å². The summed E-state index contributed by atoms with van der Waals surface area (Å²) in [6.07, 6.45) is 4.20. The van der Waals surface area contributed by atoms with Crippen LogP contribution in [0.5, 0.6) is 0 Å². The van der Waals surface area contributed by atoms with Crippen LogP contribution < -0.4 is 0 Å². The highest BCUT2D eigenvalue weighted by atomic mass is 16.6. The third kappa shape index (κ3) is 1.65. The first-order valence-electron chi connectivity index (χ1n) is 5.06. The first kappa shape index (κ1) is 9.90. The van der Waals surface area contributed by atoms with E-state index in [2.05, 4.69) is 19.9 Å². The Balaban J connectivity index is 2.52. The van der Waals surface area contributed by atoms with Gasteiger partial charge >= 0.3 is 0 Å². The Kier molecular flexibility index (Phi) is 2.31. The molecule has 1 aliphatic rings. The molecule has 2 rings (SSSR count). The molecule has 0 heterocycles. The van der Waals surface area contributed by atoms with Gasteiger partial charge in [0.05, 0.1) is 4.92 Å². The van der Waals surface area contributed by atoms with Gasteiger partial charge in [-0.05, 0) is 29.0 Å². The van der Waals surface area contributed by atoms with Gasteiger partial charge in [0.15, 0.2) is 0 Å². The number of nitro benzene ring substituents is 1. The standard InChI is InChI=1S/C12H13NO2/c1-8-3-4-10-5-6-11(13(14)15)7-12(10)9(8)2/h3-9H,1-2H3. The van der Waals surface area contributed by atoms with E-state index in [1.165, 1.54) is 0 Å². The normalized spacial score (nSPS) is 23.6. The molecule has 0 spiro atoms. The van der Waals surface area contributed by atoms with E-state index in [1.54, 1.807) is 12.1 Å². The number of fused-ring (bicyclic) bond motifs is 1. The number of hydrogen-bond donors (Lipinski definition) is 0. The van der Waals surface area contributed by atoms with Crippen LogP contribution in [-0.2, 0) is 0 Å². The summed E-state index contributed by atoms with van der Waals surface area (Å²) in [5.41, 5.74) is 2.37. The van der Waals surface area contributed by atoms with Gasteiger partial charge < -0.3 is 0 Å². The molecule has 78 valence electrons. The van der Waals surface area contributed by atoms with Crippen molar-refractivity contribution >= 4 is 11.8 Å². The lowest BCUT2D eigenvalue weighted by atomic mass is 9.81. The highest BCUT2D eigenvalue weighted by Crippen LogP contribution is 2.35. The molecule has 3 heteroatoms. The minimum absolute atomic E-state index is 0.183. The third-order valence-electron chi connectivity index (χ3n) is 3.14. The van der Waals surface area contributed by atoms with E-state index in [0.29, 0.717) is 11.8 Å². The average molecular weight is 203 g/mol. The summed E-state index contributed by atoms with van der Waals surface area (Å²) < 4.78 is 0. The largest absolute Gasteiger partial charge is 0.269 e. The van der Waals surface area contributed by atoms with Crippen molar-refractivity contribution in [2.45, 2.75) is 19.8 Å². The summed E-state index contributed by atoms with van der Waals surface area (Å²) in [5, 5.41) is 10.7. The Morgan fingerprint density at radius 2 is 2.07 bits per heavy atom. The monoisotopic (exact) mass is 203 g/mol.